The molecule has 1 saturated heterocycles. The zero-order chi connectivity index (χ0) is 24.7. The first-order valence-electron chi connectivity index (χ1n) is 12.4. The van der Waals surface area contributed by atoms with Crippen molar-refractivity contribution in [2.75, 3.05) is 28.6 Å². The minimum Gasteiger partial charge on any atom is -0.371 e. The number of benzene rings is 4. The topological polar surface area (TPSA) is 73.5 Å². The smallest absolute Gasteiger partial charge is 0.323 e. The molecule has 6 nitrogen and oxygen atoms in total. The summed E-state index contributed by atoms with van der Waals surface area (Å²) in [5.41, 5.74) is 3.81. The number of rotatable bonds is 6. The van der Waals surface area contributed by atoms with Gasteiger partial charge in [-0.25, -0.2) is 4.79 Å². The van der Waals surface area contributed by atoms with E-state index in [9.17, 15) is 9.59 Å². The first-order valence-corrected chi connectivity index (χ1v) is 12.4. The van der Waals surface area contributed by atoms with Gasteiger partial charge in [0, 0.05) is 36.4 Å². The fourth-order valence-electron chi connectivity index (χ4n) is 4.70. The summed E-state index contributed by atoms with van der Waals surface area (Å²) in [6.07, 6.45) is 3.43. The Morgan fingerprint density at radius 2 is 1.50 bits per heavy atom. The van der Waals surface area contributed by atoms with Crippen LogP contribution in [0.1, 0.15) is 35.2 Å². The van der Waals surface area contributed by atoms with Crippen LogP contribution in [0.2, 0.25) is 0 Å². The second kappa shape index (κ2) is 11.0. The minimum atomic E-state index is -0.354. The molecule has 0 atom stereocenters. The number of nitrogens with one attached hydrogen (secondary N) is 3. The average molecular weight is 479 g/mol. The lowest BCUT2D eigenvalue weighted by molar-refractivity contribution is 0.0951. The Kier molecular flexibility index (Phi) is 7.12. The van der Waals surface area contributed by atoms with Crippen LogP contribution in [-0.4, -0.2) is 25.0 Å². The second-order valence-electron chi connectivity index (χ2n) is 9.05. The molecular weight excluding hydrogens is 448 g/mol. The number of urea groups is 1. The molecule has 4 aromatic carbocycles. The van der Waals surface area contributed by atoms with Crippen molar-refractivity contribution < 1.29 is 9.59 Å². The van der Waals surface area contributed by atoms with Crippen molar-refractivity contribution >= 4 is 39.8 Å². The molecule has 0 spiro atoms. The molecule has 1 aliphatic rings. The summed E-state index contributed by atoms with van der Waals surface area (Å²) in [4.78, 5) is 28.4. The molecule has 0 saturated carbocycles. The van der Waals surface area contributed by atoms with Gasteiger partial charge in [-0.1, -0.05) is 66.7 Å². The van der Waals surface area contributed by atoms with E-state index in [1.165, 1.54) is 6.42 Å². The zero-order valence-electron chi connectivity index (χ0n) is 20.2. The second-order valence-corrected chi connectivity index (χ2v) is 9.05. The van der Waals surface area contributed by atoms with Gasteiger partial charge in [-0.3, -0.25) is 4.79 Å². The van der Waals surface area contributed by atoms with Gasteiger partial charge >= 0.3 is 6.03 Å². The van der Waals surface area contributed by atoms with E-state index < -0.39 is 0 Å². The van der Waals surface area contributed by atoms with Gasteiger partial charge in [-0.2, -0.15) is 0 Å². The predicted octanol–water partition coefficient (Wildman–Crippen LogP) is 6.40. The molecule has 4 aromatic rings. The van der Waals surface area contributed by atoms with E-state index in [1.807, 2.05) is 84.9 Å². The Morgan fingerprint density at radius 1 is 0.750 bits per heavy atom. The van der Waals surface area contributed by atoms with Crippen LogP contribution in [0.15, 0.2) is 91.0 Å². The number of fused-ring (bicyclic) bond motifs is 1. The fraction of sp³-hybridized carbons (Fsp3) is 0.200. The number of carbonyl (C=O) groups is 2. The number of piperidine rings is 1. The maximum Gasteiger partial charge on any atom is 0.323 e. The lowest BCUT2D eigenvalue weighted by atomic mass is 10.1. The first kappa shape index (κ1) is 23.4. The molecule has 182 valence electrons. The van der Waals surface area contributed by atoms with Crippen molar-refractivity contribution in [2.24, 2.45) is 0 Å². The lowest BCUT2D eigenvalue weighted by Crippen LogP contribution is -2.33. The minimum absolute atomic E-state index is 0.155. The van der Waals surface area contributed by atoms with Gasteiger partial charge in [-0.15, -0.1) is 0 Å². The first-order chi connectivity index (χ1) is 17.7. The number of anilines is 3. The molecule has 36 heavy (non-hydrogen) atoms. The average Bonchev–Trinajstić information content (AvgIpc) is 2.93. The summed E-state index contributed by atoms with van der Waals surface area (Å²) >= 11 is 0. The van der Waals surface area contributed by atoms with Gasteiger partial charge in [-0.05, 0) is 54.5 Å². The molecule has 1 fully saturated rings. The van der Waals surface area contributed by atoms with Crippen LogP contribution >= 0.6 is 0 Å². The third-order valence-electron chi connectivity index (χ3n) is 6.53. The Labute approximate surface area is 211 Å². The van der Waals surface area contributed by atoms with Crippen molar-refractivity contribution in [3.05, 3.63) is 102 Å². The summed E-state index contributed by atoms with van der Waals surface area (Å²) in [7, 11) is 0. The fourth-order valence-corrected chi connectivity index (χ4v) is 4.70. The van der Waals surface area contributed by atoms with E-state index in [4.69, 9.17) is 0 Å². The van der Waals surface area contributed by atoms with Crippen LogP contribution in [0.5, 0.6) is 0 Å². The van der Waals surface area contributed by atoms with E-state index in [1.54, 1.807) is 6.07 Å². The predicted molar refractivity (Wildman–Crippen MR) is 147 cm³/mol. The zero-order valence-corrected chi connectivity index (χ0v) is 20.2. The SMILES string of the molecule is O=C(Nc1ccc(N2CCCCC2)c(C(=O)NCc2ccccc2)c1)Nc1cccc2ccccc12. The molecule has 0 aromatic heterocycles. The number of hydrogen-bond donors (Lipinski definition) is 3. The summed E-state index contributed by atoms with van der Waals surface area (Å²) in [5.74, 6) is -0.155. The Balaban J connectivity index is 1.35. The molecule has 0 aliphatic carbocycles. The molecule has 3 N–H and O–H groups in total. The Hall–Kier alpha value is -4.32. The van der Waals surface area contributed by atoms with Crippen LogP contribution in [0.25, 0.3) is 10.8 Å². The van der Waals surface area contributed by atoms with Crippen LogP contribution < -0.4 is 20.9 Å². The molecular formula is C30H30N4O2. The highest BCUT2D eigenvalue weighted by Gasteiger charge is 2.20. The largest absolute Gasteiger partial charge is 0.371 e. The maximum absolute atomic E-state index is 13.3. The third kappa shape index (κ3) is 5.49. The number of hydrogen-bond acceptors (Lipinski definition) is 3. The highest BCUT2D eigenvalue weighted by molar-refractivity contribution is 6.07. The van der Waals surface area contributed by atoms with Crippen molar-refractivity contribution in [3.63, 3.8) is 0 Å². The van der Waals surface area contributed by atoms with Gasteiger partial charge in [0.15, 0.2) is 0 Å². The van der Waals surface area contributed by atoms with Gasteiger partial charge in [0.1, 0.15) is 0 Å². The summed E-state index contributed by atoms with van der Waals surface area (Å²) in [6.45, 7) is 2.29. The number of nitrogens with zero attached hydrogens (tertiary/aromatic N) is 1. The molecule has 1 aliphatic heterocycles. The molecule has 1 heterocycles. The third-order valence-corrected chi connectivity index (χ3v) is 6.53. The molecule has 0 bridgehead atoms. The number of carbonyl (C=O) groups excluding carboxylic acids is 2. The van der Waals surface area contributed by atoms with Crippen molar-refractivity contribution in [1.82, 2.24) is 5.32 Å². The molecule has 3 amide bonds. The molecule has 5 rings (SSSR count). The van der Waals surface area contributed by atoms with E-state index >= 15 is 0 Å². The highest BCUT2D eigenvalue weighted by atomic mass is 16.2. The van der Waals surface area contributed by atoms with Crippen molar-refractivity contribution in [1.29, 1.82) is 0 Å². The summed E-state index contributed by atoms with van der Waals surface area (Å²) in [5, 5.41) is 10.9. The number of amides is 3. The maximum atomic E-state index is 13.3. The summed E-state index contributed by atoms with van der Waals surface area (Å²) in [6, 6.07) is 28.8. The quantitative estimate of drug-likeness (QED) is 0.300. The van der Waals surface area contributed by atoms with Crippen LogP contribution in [-0.2, 0) is 6.54 Å². The van der Waals surface area contributed by atoms with Crippen molar-refractivity contribution in [2.45, 2.75) is 25.8 Å². The van der Waals surface area contributed by atoms with Gasteiger partial charge in [0.05, 0.1) is 11.3 Å². The molecule has 0 unspecified atom stereocenters. The Bertz CT molecular complexity index is 1360. The normalized spacial score (nSPS) is 13.3. The molecule has 6 heteroatoms. The van der Waals surface area contributed by atoms with Crippen LogP contribution in [0.3, 0.4) is 0 Å². The lowest BCUT2D eigenvalue weighted by Gasteiger charge is -2.30. The standard InChI is InChI=1S/C30H30N4O2/c35-29(31-21-22-10-3-1-4-11-22)26-20-24(16-17-28(26)34-18-7-2-8-19-34)32-30(36)33-27-15-9-13-23-12-5-6-14-25(23)27/h1,3-6,9-17,20H,2,7-8,18-19,21H2,(H,31,35)(H2,32,33,36). The monoisotopic (exact) mass is 478 g/mol. The van der Waals surface area contributed by atoms with Crippen LogP contribution in [0.4, 0.5) is 21.9 Å². The van der Waals surface area contributed by atoms with Gasteiger partial charge in [0.2, 0.25) is 0 Å². The van der Waals surface area contributed by atoms with E-state index in [0.717, 1.165) is 53.6 Å². The highest BCUT2D eigenvalue weighted by Crippen LogP contribution is 2.28. The van der Waals surface area contributed by atoms with Gasteiger partial charge in [0.25, 0.3) is 5.91 Å². The van der Waals surface area contributed by atoms with E-state index in [-0.39, 0.29) is 11.9 Å². The van der Waals surface area contributed by atoms with E-state index in [2.05, 4.69) is 20.9 Å². The van der Waals surface area contributed by atoms with Gasteiger partial charge < -0.3 is 20.9 Å². The summed E-state index contributed by atoms with van der Waals surface area (Å²) < 4.78 is 0. The van der Waals surface area contributed by atoms with E-state index in [0.29, 0.717) is 17.8 Å². The Morgan fingerprint density at radius 3 is 2.33 bits per heavy atom. The van der Waals surface area contributed by atoms with Crippen molar-refractivity contribution in [3.8, 4) is 0 Å². The van der Waals surface area contributed by atoms with Crippen LogP contribution in [0, 0.1) is 0 Å². The molecule has 0 radical (unpaired) electrons.